The zero-order valence-corrected chi connectivity index (χ0v) is 14.5. The summed E-state index contributed by atoms with van der Waals surface area (Å²) in [5, 5.41) is 9.38. The van der Waals surface area contributed by atoms with E-state index in [1.54, 1.807) is 17.1 Å². The fraction of sp³-hybridized carbons (Fsp3) is 0.643. The molecule has 0 aliphatic rings. The fourth-order valence-corrected chi connectivity index (χ4v) is 1.55. The van der Waals surface area contributed by atoms with Crippen LogP contribution >= 0.6 is 12.4 Å². The average Bonchev–Trinajstić information content (AvgIpc) is 2.83. The largest absolute Gasteiger partial charge is 0.346 e. The van der Waals surface area contributed by atoms with Crippen molar-refractivity contribution < 1.29 is 9.59 Å². The lowest BCUT2D eigenvalue weighted by Gasteiger charge is -2.18. The molecule has 7 nitrogen and oxygen atoms in total. The predicted molar refractivity (Wildman–Crippen MR) is 88.9 cm³/mol. The molecule has 0 unspecified atom stereocenters. The van der Waals surface area contributed by atoms with Crippen LogP contribution in [0.15, 0.2) is 12.4 Å². The quantitative estimate of drug-likeness (QED) is 0.751. The maximum atomic E-state index is 11.8. The van der Waals surface area contributed by atoms with Gasteiger partial charge in [-0.3, -0.25) is 14.3 Å². The van der Waals surface area contributed by atoms with Crippen LogP contribution in [0.4, 0.5) is 5.69 Å². The molecule has 0 saturated heterocycles. The average molecular weight is 332 g/mol. The van der Waals surface area contributed by atoms with Crippen molar-refractivity contribution in [3.63, 3.8) is 0 Å². The van der Waals surface area contributed by atoms with Gasteiger partial charge in [-0.15, -0.1) is 12.4 Å². The van der Waals surface area contributed by atoms with E-state index in [0.29, 0.717) is 5.69 Å². The number of hydrogen-bond donors (Lipinski definition) is 3. The highest BCUT2D eigenvalue weighted by Crippen LogP contribution is 2.15. The summed E-state index contributed by atoms with van der Waals surface area (Å²) in [6, 6.07) is -0.610. The Morgan fingerprint density at radius 2 is 1.95 bits per heavy atom. The second-order valence-electron chi connectivity index (χ2n) is 6.38. The second kappa shape index (κ2) is 8.14. The van der Waals surface area contributed by atoms with Crippen LogP contribution in [0.25, 0.3) is 0 Å². The van der Waals surface area contributed by atoms with Crippen LogP contribution in [0.2, 0.25) is 0 Å². The predicted octanol–water partition coefficient (Wildman–Crippen LogP) is 1.10. The Balaban J connectivity index is 0.00000441. The molecule has 1 aromatic heterocycles. The molecular weight excluding hydrogens is 306 g/mol. The third-order valence-corrected chi connectivity index (χ3v) is 3.00. The standard InChI is InChI=1S/C14H25N5O2.ClH/c1-9(2)12(15)13(21)16-7-11(20)18-10-6-17-19(8-10)14(3,4)5;/h6,8-9,12H,7,15H2,1-5H3,(H,16,21)(H,18,20);1H/t12-;/m0./s1. The first-order chi connectivity index (χ1) is 9.61. The van der Waals surface area contributed by atoms with Gasteiger partial charge in [-0.25, -0.2) is 0 Å². The van der Waals surface area contributed by atoms with Crippen molar-refractivity contribution in [2.45, 2.75) is 46.2 Å². The Labute approximate surface area is 137 Å². The van der Waals surface area contributed by atoms with E-state index in [4.69, 9.17) is 5.73 Å². The summed E-state index contributed by atoms with van der Waals surface area (Å²) < 4.78 is 1.76. The number of nitrogens with two attached hydrogens (primary N) is 1. The van der Waals surface area contributed by atoms with Gasteiger partial charge in [0.15, 0.2) is 0 Å². The minimum atomic E-state index is -0.610. The van der Waals surface area contributed by atoms with E-state index in [0.717, 1.165) is 0 Å². The van der Waals surface area contributed by atoms with Crippen LogP contribution in [0.5, 0.6) is 0 Å². The van der Waals surface area contributed by atoms with Crippen molar-refractivity contribution in [3.8, 4) is 0 Å². The number of halogens is 1. The molecule has 0 aromatic carbocycles. The lowest BCUT2D eigenvalue weighted by molar-refractivity contribution is -0.125. The smallest absolute Gasteiger partial charge is 0.243 e. The normalized spacial score (nSPS) is 12.5. The molecule has 0 spiro atoms. The van der Waals surface area contributed by atoms with Gasteiger partial charge in [0.25, 0.3) is 0 Å². The number of rotatable bonds is 5. The van der Waals surface area contributed by atoms with Crippen molar-refractivity contribution in [3.05, 3.63) is 12.4 Å². The summed E-state index contributed by atoms with van der Waals surface area (Å²) in [6.07, 6.45) is 3.32. The Morgan fingerprint density at radius 1 is 1.36 bits per heavy atom. The van der Waals surface area contributed by atoms with Crippen LogP contribution in [0, 0.1) is 5.92 Å². The van der Waals surface area contributed by atoms with E-state index in [9.17, 15) is 9.59 Å². The van der Waals surface area contributed by atoms with Gasteiger partial charge in [-0.05, 0) is 26.7 Å². The fourth-order valence-electron chi connectivity index (χ4n) is 1.55. The molecule has 0 radical (unpaired) electrons. The van der Waals surface area contributed by atoms with Gasteiger partial charge < -0.3 is 16.4 Å². The lowest BCUT2D eigenvalue weighted by atomic mass is 10.1. The number of nitrogens with one attached hydrogen (secondary N) is 2. The number of nitrogens with zero attached hydrogens (tertiary/aromatic N) is 2. The van der Waals surface area contributed by atoms with Gasteiger partial charge in [-0.1, -0.05) is 13.8 Å². The summed E-state index contributed by atoms with van der Waals surface area (Å²) in [5.74, 6) is -0.614. The monoisotopic (exact) mass is 331 g/mol. The third kappa shape index (κ3) is 6.03. The van der Waals surface area contributed by atoms with Gasteiger partial charge in [0.2, 0.25) is 11.8 Å². The molecule has 1 heterocycles. The van der Waals surface area contributed by atoms with E-state index < -0.39 is 6.04 Å². The van der Waals surface area contributed by atoms with E-state index >= 15 is 0 Å². The summed E-state index contributed by atoms with van der Waals surface area (Å²) in [6.45, 7) is 9.63. The molecule has 0 fully saturated rings. The molecule has 1 atom stereocenters. The molecule has 126 valence electrons. The van der Waals surface area contributed by atoms with Crippen molar-refractivity contribution in [2.24, 2.45) is 11.7 Å². The van der Waals surface area contributed by atoms with Gasteiger partial charge in [0.05, 0.1) is 30.0 Å². The molecule has 0 aliphatic heterocycles. The van der Waals surface area contributed by atoms with Gasteiger partial charge in [0, 0.05) is 6.20 Å². The maximum absolute atomic E-state index is 11.8. The topological polar surface area (TPSA) is 102 Å². The molecule has 1 rings (SSSR count). The molecule has 0 aliphatic carbocycles. The highest BCUT2D eigenvalue weighted by molar-refractivity contribution is 5.95. The molecule has 22 heavy (non-hydrogen) atoms. The number of amides is 2. The molecule has 4 N–H and O–H groups in total. The number of carbonyl (C=O) groups is 2. The lowest BCUT2D eigenvalue weighted by Crippen LogP contribution is -2.46. The van der Waals surface area contributed by atoms with E-state index in [-0.39, 0.29) is 42.2 Å². The Morgan fingerprint density at radius 3 is 2.41 bits per heavy atom. The molecule has 8 heteroatoms. The van der Waals surface area contributed by atoms with E-state index in [1.807, 2.05) is 34.6 Å². The number of carbonyl (C=O) groups excluding carboxylic acids is 2. The Kier molecular flexibility index (Phi) is 7.55. The minimum Gasteiger partial charge on any atom is -0.346 e. The maximum Gasteiger partial charge on any atom is 0.243 e. The number of anilines is 1. The second-order valence-corrected chi connectivity index (χ2v) is 6.38. The van der Waals surface area contributed by atoms with E-state index in [2.05, 4.69) is 15.7 Å². The van der Waals surface area contributed by atoms with Gasteiger partial charge in [-0.2, -0.15) is 5.10 Å². The van der Waals surface area contributed by atoms with Gasteiger partial charge >= 0.3 is 0 Å². The molecular formula is C14H26ClN5O2. The van der Waals surface area contributed by atoms with Crippen LogP contribution in [0.3, 0.4) is 0 Å². The first kappa shape index (κ1) is 20.4. The Hall–Kier alpha value is -1.60. The minimum absolute atomic E-state index is 0. The Bertz CT molecular complexity index is 508. The first-order valence-corrected chi connectivity index (χ1v) is 6.99. The van der Waals surface area contributed by atoms with Crippen molar-refractivity contribution in [1.29, 1.82) is 0 Å². The molecule has 2 amide bonds. The molecule has 1 aromatic rings. The summed E-state index contributed by atoms with van der Waals surface area (Å²) in [4.78, 5) is 23.4. The van der Waals surface area contributed by atoms with Crippen molar-refractivity contribution >= 4 is 29.9 Å². The zero-order valence-electron chi connectivity index (χ0n) is 13.7. The zero-order chi connectivity index (χ0) is 16.2. The van der Waals surface area contributed by atoms with Crippen LogP contribution < -0.4 is 16.4 Å². The van der Waals surface area contributed by atoms with Gasteiger partial charge in [0.1, 0.15) is 0 Å². The SMILES string of the molecule is CC(C)[C@H](N)C(=O)NCC(=O)Nc1cnn(C(C)(C)C)c1.Cl. The van der Waals surface area contributed by atoms with Crippen LogP contribution in [-0.4, -0.2) is 34.2 Å². The highest BCUT2D eigenvalue weighted by Gasteiger charge is 2.18. The summed E-state index contributed by atoms with van der Waals surface area (Å²) >= 11 is 0. The van der Waals surface area contributed by atoms with Crippen LogP contribution in [-0.2, 0) is 15.1 Å². The number of aromatic nitrogens is 2. The summed E-state index contributed by atoms with van der Waals surface area (Å²) in [5.41, 5.74) is 6.14. The molecule has 0 saturated carbocycles. The highest BCUT2D eigenvalue weighted by atomic mass is 35.5. The van der Waals surface area contributed by atoms with Crippen molar-refractivity contribution in [1.82, 2.24) is 15.1 Å². The van der Waals surface area contributed by atoms with Crippen molar-refractivity contribution in [2.75, 3.05) is 11.9 Å². The van der Waals surface area contributed by atoms with E-state index in [1.165, 1.54) is 0 Å². The first-order valence-electron chi connectivity index (χ1n) is 6.99. The van der Waals surface area contributed by atoms with Crippen LogP contribution in [0.1, 0.15) is 34.6 Å². The molecule has 0 bridgehead atoms. The third-order valence-electron chi connectivity index (χ3n) is 3.00. The number of hydrogen-bond acceptors (Lipinski definition) is 4. The summed E-state index contributed by atoms with van der Waals surface area (Å²) in [7, 11) is 0.